The maximum atomic E-state index is 3.29. The van der Waals surface area contributed by atoms with E-state index in [4.69, 9.17) is 0 Å². The van der Waals surface area contributed by atoms with E-state index in [2.05, 4.69) is 29.8 Å². The molecule has 1 aromatic rings. The fourth-order valence-corrected chi connectivity index (χ4v) is 2.61. The van der Waals surface area contributed by atoms with Crippen LogP contribution in [0.2, 0.25) is 5.32 Å². The Morgan fingerprint density at radius 3 is 2.60 bits per heavy atom. The van der Waals surface area contributed by atoms with Crippen LogP contribution in [0.25, 0.3) is 0 Å². The van der Waals surface area contributed by atoms with Crippen LogP contribution in [0.1, 0.15) is 38.2 Å². The second-order valence-corrected chi connectivity index (χ2v) is 5.39. The van der Waals surface area contributed by atoms with Crippen LogP contribution in [-0.4, -0.2) is 15.0 Å². The molecule has 0 fully saturated rings. The van der Waals surface area contributed by atoms with Crippen molar-refractivity contribution in [1.82, 2.24) is 0 Å². The molecule has 0 aliphatic heterocycles. The summed E-state index contributed by atoms with van der Waals surface area (Å²) in [7, 11) is 0. The molecule has 1 rings (SSSR count). The van der Waals surface area contributed by atoms with Crippen molar-refractivity contribution in [2.75, 3.05) is 0 Å². The van der Waals surface area contributed by atoms with Gasteiger partial charge in [0.15, 0.2) is 0 Å². The van der Waals surface area contributed by atoms with Gasteiger partial charge in [-0.3, -0.25) is 0 Å². The Morgan fingerprint density at radius 2 is 1.87 bits per heavy atom. The van der Waals surface area contributed by atoms with Crippen molar-refractivity contribution in [2.45, 2.75) is 37.9 Å². The summed E-state index contributed by atoms with van der Waals surface area (Å²) in [5, 5.41) is 1.31. The second kappa shape index (κ2) is 8.60. The predicted molar refractivity (Wildman–Crippen MR) is 68.0 cm³/mol. The molecule has 0 bridgehead atoms. The Balaban J connectivity index is 2.12. The van der Waals surface area contributed by atoms with Crippen LogP contribution in [0.15, 0.2) is 30.3 Å². The fourth-order valence-electron chi connectivity index (χ4n) is 1.27. The van der Waals surface area contributed by atoms with Gasteiger partial charge in [0.1, 0.15) is 0 Å². The summed E-state index contributed by atoms with van der Waals surface area (Å²) in [4.78, 5) is 3.29. The monoisotopic (exact) mass is 266 g/mol. The van der Waals surface area contributed by atoms with Gasteiger partial charge in [-0.25, -0.2) is 0 Å². The molecule has 0 aliphatic rings. The van der Waals surface area contributed by atoms with E-state index in [-0.39, 0.29) is 0 Å². The van der Waals surface area contributed by atoms with Gasteiger partial charge in [-0.1, -0.05) is 0 Å². The minimum atomic E-state index is 0.517. The van der Waals surface area contributed by atoms with Crippen molar-refractivity contribution in [3.63, 3.8) is 0 Å². The van der Waals surface area contributed by atoms with E-state index in [9.17, 15) is 0 Å². The molecule has 0 nitrogen and oxygen atoms in total. The molecule has 0 saturated carbocycles. The van der Waals surface area contributed by atoms with Crippen LogP contribution in [0.5, 0.6) is 0 Å². The Labute approximate surface area is 99.6 Å². The third-order valence-corrected chi connectivity index (χ3v) is 3.69. The standard InChI is InChI=1S/C14H18Se/c1-2-3-4-8-12-15-13-11-14-9-6-5-7-10-14/h5-7,9-10H,2-4,8,12H2,1H3. The van der Waals surface area contributed by atoms with Gasteiger partial charge in [0.2, 0.25) is 0 Å². The van der Waals surface area contributed by atoms with E-state index in [1.807, 2.05) is 18.2 Å². The number of hydrogen-bond donors (Lipinski definition) is 0. The molecule has 0 radical (unpaired) electrons. The first-order chi connectivity index (χ1) is 7.43. The molecule has 0 spiro atoms. The van der Waals surface area contributed by atoms with Crippen LogP contribution >= 0.6 is 0 Å². The number of rotatable bonds is 5. The summed E-state index contributed by atoms with van der Waals surface area (Å²) in [6.45, 7) is 2.25. The van der Waals surface area contributed by atoms with Gasteiger partial charge in [-0.2, -0.15) is 0 Å². The Kier molecular flexibility index (Phi) is 7.09. The van der Waals surface area contributed by atoms with Crippen molar-refractivity contribution in [2.24, 2.45) is 0 Å². The zero-order chi connectivity index (χ0) is 10.8. The molecule has 0 amide bonds. The van der Waals surface area contributed by atoms with Gasteiger partial charge in [-0.15, -0.1) is 0 Å². The van der Waals surface area contributed by atoms with E-state index in [1.54, 1.807) is 0 Å². The van der Waals surface area contributed by atoms with Crippen LogP contribution in [0.3, 0.4) is 0 Å². The molecular formula is C14H18Se. The molecule has 0 heterocycles. The third kappa shape index (κ3) is 6.39. The van der Waals surface area contributed by atoms with Crippen LogP contribution in [-0.2, 0) is 0 Å². The molecule has 0 aliphatic carbocycles. The first-order valence-corrected chi connectivity index (χ1v) is 7.68. The molecule has 1 aromatic carbocycles. The maximum absolute atomic E-state index is 3.29. The zero-order valence-electron chi connectivity index (χ0n) is 9.33. The summed E-state index contributed by atoms with van der Waals surface area (Å²) in [6.07, 6.45) is 5.44. The van der Waals surface area contributed by atoms with E-state index in [0.29, 0.717) is 15.0 Å². The Hall–Kier alpha value is -0.701. The Bertz CT molecular complexity index is 305. The van der Waals surface area contributed by atoms with Crippen LogP contribution in [0, 0.1) is 10.7 Å². The van der Waals surface area contributed by atoms with Crippen LogP contribution < -0.4 is 0 Å². The fraction of sp³-hybridized carbons (Fsp3) is 0.429. The quantitative estimate of drug-likeness (QED) is 0.432. The summed E-state index contributed by atoms with van der Waals surface area (Å²) in [5.41, 5.74) is 1.15. The van der Waals surface area contributed by atoms with Crippen molar-refractivity contribution >= 4 is 15.0 Å². The molecule has 0 N–H and O–H groups in total. The van der Waals surface area contributed by atoms with E-state index in [1.165, 1.54) is 31.0 Å². The summed E-state index contributed by atoms with van der Waals surface area (Å²) in [5.74, 6) is 3.21. The summed E-state index contributed by atoms with van der Waals surface area (Å²) < 4.78 is 0. The molecule has 80 valence electrons. The predicted octanol–water partition coefficient (Wildman–Crippen LogP) is 3.70. The molecule has 0 saturated heterocycles. The number of benzene rings is 1. The van der Waals surface area contributed by atoms with Gasteiger partial charge in [0.25, 0.3) is 0 Å². The molecule has 0 unspecified atom stereocenters. The second-order valence-electron chi connectivity index (χ2n) is 3.50. The van der Waals surface area contributed by atoms with Gasteiger partial charge in [0.05, 0.1) is 0 Å². The van der Waals surface area contributed by atoms with E-state index in [0.717, 1.165) is 5.56 Å². The molecule has 0 aromatic heterocycles. The first kappa shape index (κ1) is 12.4. The molecule has 1 heteroatoms. The Morgan fingerprint density at radius 1 is 1.07 bits per heavy atom. The first-order valence-electron chi connectivity index (χ1n) is 5.61. The summed E-state index contributed by atoms with van der Waals surface area (Å²) in [6, 6.07) is 10.2. The number of unbranched alkanes of at least 4 members (excludes halogenated alkanes) is 3. The average molecular weight is 265 g/mol. The topological polar surface area (TPSA) is 0 Å². The van der Waals surface area contributed by atoms with Crippen molar-refractivity contribution in [1.29, 1.82) is 0 Å². The SMILES string of the molecule is CCCCCC[Se]C#Cc1ccccc1. The van der Waals surface area contributed by atoms with E-state index < -0.39 is 0 Å². The van der Waals surface area contributed by atoms with Crippen molar-refractivity contribution in [3.05, 3.63) is 35.9 Å². The average Bonchev–Trinajstić information content (AvgIpc) is 2.29. The number of hydrogen-bond acceptors (Lipinski definition) is 0. The molecule has 15 heavy (non-hydrogen) atoms. The molecule has 0 atom stereocenters. The van der Waals surface area contributed by atoms with E-state index >= 15 is 0 Å². The third-order valence-electron chi connectivity index (χ3n) is 2.14. The van der Waals surface area contributed by atoms with Gasteiger partial charge in [0, 0.05) is 0 Å². The van der Waals surface area contributed by atoms with Gasteiger partial charge >= 0.3 is 99.5 Å². The van der Waals surface area contributed by atoms with Crippen LogP contribution in [0.4, 0.5) is 0 Å². The van der Waals surface area contributed by atoms with Crippen molar-refractivity contribution in [3.8, 4) is 10.7 Å². The normalized spacial score (nSPS) is 9.40. The van der Waals surface area contributed by atoms with Gasteiger partial charge in [-0.05, 0) is 0 Å². The van der Waals surface area contributed by atoms with Crippen molar-refractivity contribution < 1.29 is 0 Å². The van der Waals surface area contributed by atoms with Gasteiger partial charge < -0.3 is 0 Å². The minimum absolute atomic E-state index is 0.517. The molecular weight excluding hydrogens is 247 g/mol. The summed E-state index contributed by atoms with van der Waals surface area (Å²) >= 11 is 0.517. The zero-order valence-corrected chi connectivity index (χ0v) is 11.0.